The fourth-order valence-corrected chi connectivity index (χ4v) is 2.13. The van der Waals surface area contributed by atoms with E-state index in [4.69, 9.17) is 33.0 Å². The molecular formula is C14H16Cl2O4. The van der Waals surface area contributed by atoms with Gasteiger partial charge in [-0.15, -0.1) is 0 Å². The highest BCUT2D eigenvalue weighted by molar-refractivity contribution is 6.35. The van der Waals surface area contributed by atoms with Crippen molar-refractivity contribution in [1.82, 2.24) is 0 Å². The number of aliphatic hydroxyl groups excluding tert-OH is 1. The average molecular weight is 319 g/mol. The van der Waals surface area contributed by atoms with Crippen LogP contribution in [0.15, 0.2) is 24.3 Å². The summed E-state index contributed by atoms with van der Waals surface area (Å²) in [6.45, 7) is 0. The Morgan fingerprint density at radius 1 is 1.45 bits per heavy atom. The van der Waals surface area contributed by atoms with Crippen molar-refractivity contribution in [2.75, 3.05) is 7.11 Å². The first kappa shape index (κ1) is 17.0. The monoisotopic (exact) mass is 318 g/mol. The second-order valence-corrected chi connectivity index (χ2v) is 5.13. The summed E-state index contributed by atoms with van der Waals surface area (Å²) in [5.74, 6) is -1.04. The fourth-order valence-electron chi connectivity index (χ4n) is 1.65. The first-order valence-electron chi connectivity index (χ1n) is 5.98. The van der Waals surface area contributed by atoms with E-state index in [2.05, 4.69) is 0 Å². The molecule has 0 aliphatic heterocycles. The van der Waals surface area contributed by atoms with E-state index in [0.717, 1.165) is 5.56 Å². The molecule has 0 aromatic heterocycles. The molecule has 0 fully saturated rings. The minimum atomic E-state index is -1.04. The maximum atomic E-state index is 10.5. The Morgan fingerprint density at radius 3 is 2.70 bits per heavy atom. The highest BCUT2D eigenvalue weighted by atomic mass is 35.5. The Labute approximate surface area is 127 Å². The van der Waals surface area contributed by atoms with Crippen LogP contribution in [0, 0.1) is 0 Å². The molecule has 2 atom stereocenters. The average Bonchev–Trinajstić information content (AvgIpc) is 2.35. The van der Waals surface area contributed by atoms with Gasteiger partial charge in [-0.2, -0.15) is 0 Å². The zero-order valence-electron chi connectivity index (χ0n) is 10.9. The number of halogens is 2. The lowest BCUT2D eigenvalue weighted by molar-refractivity contribution is -0.139. The minimum Gasteiger partial charge on any atom is -0.481 e. The molecule has 1 aromatic rings. The quantitative estimate of drug-likeness (QED) is 0.809. The molecule has 0 saturated carbocycles. The predicted molar refractivity (Wildman–Crippen MR) is 79.2 cm³/mol. The van der Waals surface area contributed by atoms with Crippen LogP contribution in [0.5, 0.6) is 0 Å². The predicted octanol–water partition coefficient (Wildman–Crippen LogP) is 3.25. The van der Waals surface area contributed by atoms with Gasteiger partial charge < -0.3 is 14.9 Å². The fraction of sp³-hybridized carbons (Fsp3) is 0.357. The van der Waals surface area contributed by atoms with Crippen LogP contribution in [0.4, 0.5) is 0 Å². The van der Waals surface area contributed by atoms with E-state index < -0.39 is 18.2 Å². The van der Waals surface area contributed by atoms with Gasteiger partial charge in [-0.3, -0.25) is 4.79 Å². The van der Waals surface area contributed by atoms with Gasteiger partial charge in [0, 0.05) is 23.6 Å². The lowest BCUT2D eigenvalue weighted by atomic mass is 10.1. The summed E-state index contributed by atoms with van der Waals surface area (Å²) in [5, 5.41) is 19.2. The highest BCUT2D eigenvalue weighted by Gasteiger charge is 2.14. The van der Waals surface area contributed by atoms with Crippen LogP contribution < -0.4 is 0 Å². The van der Waals surface area contributed by atoms with Gasteiger partial charge in [0.1, 0.15) is 0 Å². The number of hydrogen-bond acceptors (Lipinski definition) is 3. The summed E-state index contributed by atoms with van der Waals surface area (Å²) in [7, 11) is 1.49. The van der Waals surface area contributed by atoms with Gasteiger partial charge in [-0.1, -0.05) is 41.4 Å². The standard InChI is InChI=1S/C14H16Cl2O4/c1-20-12(7-11(17)8-14(18)19)5-3-9-2-4-10(15)6-13(9)16/h2-6,11-12,17H,7-8H2,1H3,(H,18,19)/b5-3+/t11-,12+/m1/s1. The maximum absolute atomic E-state index is 10.5. The van der Waals surface area contributed by atoms with E-state index in [1.807, 2.05) is 0 Å². The van der Waals surface area contributed by atoms with Gasteiger partial charge in [0.25, 0.3) is 0 Å². The van der Waals surface area contributed by atoms with E-state index in [1.165, 1.54) is 7.11 Å². The molecule has 0 unspecified atom stereocenters. The third-order valence-corrected chi connectivity index (χ3v) is 3.23. The van der Waals surface area contributed by atoms with Crippen LogP contribution in [-0.4, -0.2) is 35.5 Å². The van der Waals surface area contributed by atoms with Crippen molar-refractivity contribution < 1.29 is 19.7 Å². The number of carboxylic acids is 1. The molecular weight excluding hydrogens is 303 g/mol. The number of carboxylic acid groups (broad SMARTS) is 1. The normalized spacial score (nSPS) is 14.4. The number of rotatable bonds is 7. The summed E-state index contributed by atoms with van der Waals surface area (Å²) < 4.78 is 5.18. The summed E-state index contributed by atoms with van der Waals surface area (Å²) in [5.41, 5.74) is 0.769. The van der Waals surface area contributed by atoms with Gasteiger partial charge >= 0.3 is 5.97 Å². The Bertz CT molecular complexity index is 488. The largest absolute Gasteiger partial charge is 0.481 e. The van der Waals surface area contributed by atoms with Crippen molar-refractivity contribution in [3.8, 4) is 0 Å². The molecule has 1 aromatic carbocycles. The zero-order chi connectivity index (χ0) is 15.1. The van der Waals surface area contributed by atoms with Crippen LogP contribution >= 0.6 is 23.2 Å². The van der Waals surface area contributed by atoms with Crippen molar-refractivity contribution in [3.05, 3.63) is 39.9 Å². The first-order valence-corrected chi connectivity index (χ1v) is 6.74. The molecule has 0 amide bonds. The van der Waals surface area contributed by atoms with Crippen LogP contribution in [0.1, 0.15) is 18.4 Å². The number of aliphatic carboxylic acids is 1. The lowest BCUT2D eigenvalue weighted by Crippen LogP contribution is -2.20. The second kappa shape index (κ2) is 8.27. The van der Waals surface area contributed by atoms with E-state index >= 15 is 0 Å². The van der Waals surface area contributed by atoms with Crippen molar-refractivity contribution in [1.29, 1.82) is 0 Å². The lowest BCUT2D eigenvalue weighted by Gasteiger charge is -2.14. The number of carbonyl (C=O) groups is 1. The summed E-state index contributed by atoms with van der Waals surface area (Å²) in [6, 6.07) is 5.11. The first-order chi connectivity index (χ1) is 9.42. The minimum absolute atomic E-state index is 0.199. The number of hydrogen-bond donors (Lipinski definition) is 2. The van der Waals surface area contributed by atoms with Crippen molar-refractivity contribution in [3.63, 3.8) is 0 Å². The summed E-state index contributed by atoms with van der Waals surface area (Å²) in [4.78, 5) is 10.5. The van der Waals surface area contributed by atoms with Crippen molar-refractivity contribution in [2.24, 2.45) is 0 Å². The SMILES string of the molecule is CO[C@@H](/C=C/c1ccc(Cl)cc1Cl)C[C@@H](O)CC(=O)O. The molecule has 6 heteroatoms. The molecule has 0 aliphatic carbocycles. The van der Waals surface area contributed by atoms with Crippen LogP contribution in [-0.2, 0) is 9.53 Å². The van der Waals surface area contributed by atoms with E-state index in [-0.39, 0.29) is 12.8 Å². The molecule has 0 saturated heterocycles. The molecule has 0 heterocycles. The van der Waals surface area contributed by atoms with Crippen LogP contribution in [0.2, 0.25) is 10.0 Å². The topological polar surface area (TPSA) is 66.8 Å². The number of ether oxygens (including phenoxy) is 1. The molecule has 20 heavy (non-hydrogen) atoms. The molecule has 0 bridgehead atoms. The number of benzene rings is 1. The van der Waals surface area contributed by atoms with Crippen molar-refractivity contribution in [2.45, 2.75) is 25.0 Å². The van der Waals surface area contributed by atoms with Gasteiger partial charge in [-0.05, 0) is 17.7 Å². The number of methoxy groups -OCH3 is 1. The third-order valence-electron chi connectivity index (χ3n) is 2.67. The molecule has 0 aliphatic rings. The maximum Gasteiger partial charge on any atom is 0.305 e. The molecule has 110 valence electrons. The summed E-state index contributed by atoms with van der Waals surface area (Å²) in [6.07, 6.45) is 2.01. The summed E-state index contributed by atoms with van der Waals surface area (Å²) >= 11 is 11.8. The molecule has 1 rings (SSSR count). The van der Waals surface area contributed by atoms with Gasteiger partial charge in [0.05, 0.1) is 18.6 Å². The van der Waals surface area contributed by atoms with Gasteiger partial charge in [0.15, 0.2) is 0 Å². The molecule has 4 nitrogen and oxygen atoms in total. The highest BCUT2D eigenvalue weighted by Crippen LogP contribution is 2.22. The van der Waals surface area contributed by atoms with Gasteiger partial charge in [-0.25, -0.2) is 0 Å². The van der Waals surface area contributed by atoms with Crippen LogP contribution in [0.25, 0.3) is 6.08 Å². The van der Waals surface area contributed by atoms with E-state index in [9.17, 15) is 9.90 Å². The number of aliphatic hydroxyl groups is 1. The van der Waals surface area contributed by atoms with E-state index in [0.29, 0.717) is 10.0 Å². The van der Waals surface area contributed by atoms with Crippen molar-refractivity contribution >= 4 is 35.2 Å². The second-order valence-electron chi connectivity index (χ2n) is 4.29. The Kier molecular flexibility index (Phi) is 7.02. The molecule has 0 spiro atoms. The van der Waals surface area contributed by atoms with E-state index in [1.54, 1.807) is 30.4 Å². The Morgan fingerprint density at radius 2 is 2.15 bits per heavy atom. The third kappa shape index (κ3) is 5.92. The Balaban J connectivity index is 2.67. The van der Waals surface area contributed by atoms with Gasteiger partial charge in [0.2, 0.25) is 0 Å². The molecule has 0 radical (unpaired) electrons. The Hall–Kier alpha value is -1.07. The molecule has 2 N–H and O–H groups in total. The van der Waals surface area contributed by atoms with Crippen LogP contribution in [0.3, 0.4) is 0 Å². The smallest absolute Gasteiger partial charge is 0.305 e. The zero-order valence-corrected chi connectivity index (χ0v) is 12.4.